The summed E-state index contributed by atoms with van der Waals surface area (Å²) in [5.41, 5.74) is 3.13. The zero-order valence-electron chi connectivity index (χ0n) is 16.6. The second-order valence-electron chi connectivity index (χ2n) is 7.15. The van der Waals surface area contributed by atoms with Gasteiger partial charge in [-0.2, -0.15) is 0 Å². The van der Waals surface area contributed by atoms with Crippen LogP contribution < -0.4 is 5.73 Å². The van der Waals surface area contributed by atoms with E-state index in [4.69, 9.17) is 34.3 Å². The summed E-state index contributed by atoms with van der Waals surface area (Å²) in [6, 6.07) is 0. The summed E-state index contributed by atoms with van der Waals surface area (Å²) in [6.07, 6.45) is 3.35. The molecule has 1 heterocycles. The number of aldehydes is 1. The molecule has 0 saturated carbocycles. The van der Waals surface area contributed by atoms with Crippen molar-refractivity contribution in [2.24, 2.45) is 16.6 Å². The number of hydrogen-bond donors (Lipinski definition) is 2. The van der Waals surface area contributed by atoms with Crippen molar-refractivity contribution in [2.45, 2.75) is 44.1 Å². The van der Waals surface area contributed by atoms with Gasteiger partial charge in [-0.15, -0.1) is 11.6 Å². The number of carbonyl (C=O) groups excluding carboxylic acids is 1. The molecule has 0 aromatic carbocycles. The molecule has 0 spiro atoms. The van der Waals surface area contributed by atoms with Crippen LogP contribution in [0.3, 0.4) is 0 Å². The zero-order chi connectivity index (χ0) is 22.0. The first-order chi connectivity index (χ1) is 13.5. The molecule has 1 fully saturated rings. The molecule has 3 unspecified atom stereocenters. The van der Waals surface area contributed by atoms with E-state index in [1.54, 1.807) is 6.92 Å². The quantitative estimate of drug-likeness (QED) is 0.213. The molecule has 160 valence electrons. The van der Waals surface area contributed by atoms with Gasteiger partial charge in [0.05, 0.1) is 0 Å². The molecule has 7 nitrogen and oxygen atoms in total. The fraction of sp³-hybridized carbons (Fsp3) is 0.579. The van der Waals surface area contributed by atoms with Crippen LogP contribution in [0, 0.1) is 5.92 Å². The fourth-order valence-corrected chi connectivity index (χ4v) is 4.39. The van der Waals surface area contributed by atoms with Crippen molar-refractivity contribution in [3.63, 3.8) is 0 Å². The van der Waals surface area contributed by atoms with E-state index < -0.39 is 28.2 Å². The normalized spacial score (nSPS) is 28.9. The Morgan fingerprint density at radius 3 is 2.59 bits per heavy atom. The third-order valence-electron chi connectivity index (χ3n) is 5.21. The lowest BCUT2D eigenvalue weighted by Crippen LogP contribution is -2.59. The van der Waals surface area contributed by atoms with Crippen molar-refractivity contribution < 1.29 is 23.8 Å². The number of ether oxygens (including phenoxy) is 1. The molecule has 2 rings (SSSR count). The number of amidine groups is 1. The minimum atomic E-state index is -2.14. The van der Waals surface area contributed by atoms with Gasteiger partial charge in [0.15, 0.2) is 5.84 Å². The van der Waals surface area contributed by atoms with Crippen molar-refractivity contribution in [3.8, 4) is 0 Å². The van der Waals surface area contributed by atoms with E-state index in [0.29, 0.717) is 19.4 Å². The molecule has 2 aliphatic rings. The minimum Gasteiger partial charge on any atom is -0.479 e. The maximum Gasteiger partial charge on any atom is 0.342 e. The number of carboxylic acid groups (broad SMARTS) is 1. The molecule has 0 bridgehead atoms. The topological polar surface area (TPSA) is 105 Å². The molecule has 0 amide bonds. The average Bonchev–Trinajstić information content (AvgIpc) is 3.16. The van der Waals surface area contributed by atoms with Gasteiger partial charge in [0.2, 0.25) is 5.60 Å². The van der Waals surface area contributed by atoms with Gasteiger partial charge in [-0.3, -0.25) is 0 Å². The molecule has 29 heavy (non-hydrogen) atoms. The number of rotatable bonds is 6. The van der Waals surface area contributed by atoms with Gasteiger partial charge in [-0.1, -0.05) is 19.1 Å². The molecule has 0 aromatic heterocycles. The Balaban J connectivity index is 2.78. The number of alkyl halides is 1. The number of allylic oxidation sites excluding steroid dienone is 1. The van der Waals surface area contributed by atoms with E-state index in [0.717, 1.165) is 18.9 Å². The maximum atomic E-state index is 15.5. The Morgan fingerprint density at radius 1 is 1.55 bits per heavy atom. The second kappa shape index (κ2) is 8.89. The van der Waals surface area contributed by atoms with Crippen molar-refractivity contribution in [2.75, 3.05) is 19.7 Å². The predicted octanol–water partition coefficient (Wildman–Crippen LogP) is 2.58. The van der Waals surface area contributed by atoms with Gasteiger partial charge in [-0.25, -0.2) is 14.2 Å². The number of carboxylic acids is 1. The van der Waals surface area contributed by atoms with Gasteiger partial charge in [-0.05, 0) is 32.8 Å². The van der Waals surface area contributed by atoms with Crippen LogP contribution in [0.2, 0.25) is 0 Å². The Morgan fingerprint density at radius 2 is 2.14 bits per heavy atom. The molecule has 3 N–H and O–H groups in total. The third kappa shape index (κ3) is 4.08. The lowest BCUT2D eigenvalue weighted by Gasteiger charge is -2.44. The number of hydrogen-bond acceptors (Lipinski definition) is 5. The molecule has 0 radical (unpaired) electrons. The first-order valence-electron chi connectivity index (χ1n) is 9.31. The van der Waals surface area contributed by atoms with Crippen LogP contribution in [-0.2, 0) is 14.3 Å². The van der Waals surface area contributed by atoms with Crippen LogP contribution in [-0.4, -0.2) is 63.3 Å². The average molecular weight is 446 g/mol. The smallest absolute Gasteiger partial charge is 0.342 e. The highest BCUT2D eigenvalue weighted by Gasteiger charge is 2.60. The number of nitrogens with zero attached hydrogens (tertiary/aromatic N) is 2. The van der Waals surface area contributed by atoms with E-state index >= 15 is 4.39 Å². The molecular weight excluding hydrogens is 421 g/mol. The van der Waals surface area contributed by atoms with Gasteiger partial charge in [0.1, 0.15) is 27.7 Å². The highest BCUT2D eigenvalue weighted by Crippen LogP contribution is 2.50. The van der Waals surface area contributed by atoms with Crippen molar-refractivity contribution in [1.29, 1.82) is 0 Å². The standard InChI is InChI=1S/C19H25ClFN3O4S/c1-4-28-19(17(26)27)9-12(14(21)13(11(2)10-25)18(19,3)20)23-16(15(22)29)24-7-5-6-8-24/h9-11H,4-8H2,1-3H3,(H2,22,29)(H,26,27). The van der Waals surface area contributed by atoms with E-state index in [9.17, 15) is 14.7 Å². The molecule has 1 aliphatic heterocycles. The summed E-state index contributed by atoms with van der Waals surface area (Å²) in [6.45, 7) is 5.63. The lowest BCUT2D eigenvalue weighted by molar-refractivity contribution is -0.162. The van der Waals surface area contributed by atoms with Crippen LogP contribution in [0.4, 0.5) is 4.39 Å². The molecule has 10 heteroatoms. The number of nitrogens with two attached hydrogens (primary N) is 1. The maximum absolute atomic E-state index is 15.5. The van der Waals surface area contributed by atoms with E-state index in [1.807, 2.05) is 4.90 Å². The van der Waals surface area contributed by atoms with Crippen LogP contribution in [0.5, 0.6) is 0 Å². The van der Waals surface area contributed by atoms with Crippen molar-refractivity contribution in [3.05, 3.63) is 23.2 Å². The molecule has 1 aliphatic carbocycles. The van der Waals surface area contributed by atoms with Gasteiger partial charge in [0, 0.05) is 31.2 Å². The lowest BCUT2D eigenvalue weighted by atomic mass is 9.73. The number of aliphatic imine (C=N–C) groups is 1. The first-order valence-corrected chi connectivity index (χ1v) is 10.1. The summed E-state index contributed by atoms with van der Waals surface area (Å²) in [5, 5.41) is 9.99. The summed E-state index contributed by atoms with van der Waals surface area (Å²) in [5.74, 6) is -3.13. The highest BCUT2D eigenvalue weighted by atomic mass is 35.5. The summed E-state index contributed by atoms with van der Waals surface area (Å²) >= 11 is 11.7. The van der Waals surface area contributed by atoms with Crippen molar-refractivity contribution >= 4 is 46.9 Å². The molecule has 3 atom stereocenters. The van der Waals surface area contributed by atoms with Gasteiger partial charge >= 0.3 is 5.97 Å². The van der Waals surface area contributed by atoms with Crippen LogP contribution in [0.15, 0.2) is 28.2 Å². The minimum absolute atomic E-state index is 0.0131. The number of thiocarbonyl (C=S) groups is 1. The Hall–Kier alpha value is -1.84. The Kier molecular flexibility index (Phi) is 7.19. The number of likely N-dealkylation sites (tertiary alicyclic amines) is 1. The monoisotopic (exact) mass is 445 g/mol. The fourth-order valence-electron chi connectivity index (χ4n) is 3.77. The SMILES string of the molecule is CCOC1(C(=O)O)C=C(N=C(C(N)=S)N2CCCC2)C(F)=C(C(C)C=O)C1(C)Cl. The van der Waals surface area contributed by atoms with Gasteiger partial charge in [0.25, 0.3) is 0 Å². The zero-order valence-corrected chi connectivity index (χ0v) is 18.1. The Labute approximate surface area is 179 Å². The summed E-state index contributed by atoms with van der Waals surface area (Å²) in [4.78, 5) is 27.9. The van der Waals surface area contributed by atoms with Crippen LogP contribution in [0.25, 0.3) is 0 Å². The first kappa shape index (κ1) is 23.4. The van der Waals surface area contributed by atoms with E-state index in [-0.39, 0.29) is 28.7 Å². The molecule has 1 saturated heterocycles. The van der Waals surface area contributed by atoms with Crippen molar-refractivity contribution in [1.82, 2.24) is 4.90 Å². The van der Waals surface area contributed by atoms with E-state index in [1.165, 1.54) is 13.8 Å². The van der Waals surface area contributed by atoms with E-state index in [2.05, 4.69) is 4.99 Å². The van der Waals surface area contributed by atoms with Crippen LogP contribution in [0.1, 0.15) is 33.6 Å². The summed E-state index contributed by atoms with van der Waals surface area (Å²) < 4.78 is 21.1. The Bertz CT molecular complexity index is 805. The largest absolute Gasteiger partial charge is 0.479 e. The number of aliphatic carboxylic acids is 1. The molecule has 0 aromatic rings. The third-order valence-corrected chi connectivity index (χ3v) is 5.87. The second-order valence-corrected chi connectivity index (χ2v) is 8.35. The number of halogens is 2. The number of carbonyl (C=O) groups is 2. The molecular formula is C19H25ClFN3O4S. The van der Waals surface area contributed by atoms with Gasteiger partial charge < -0.3 is 25.3 Å². The summed E-state index contributed by atoms with van der Waals surface area (Å²) in [7, 11) is 0. The highest BCUT2D eigenvalue weighted by molar-refractivity contribution is 7.82. The van der Waals surface area contributed by atoms with Crippen LogP contribution >= 0.6 is 23.8 Å². The predicted molar refractivity (Wildman–Crippen MR) is 113 cm³/mol.